The predicted octanol–water partition coefficient (Wildman–Crippen LogP) is 1.09. The van der Waals surface area contributed by atoms with Crippen LogP contribution in [0.4, 0.5) is 0 Å². The van der Waals surface area contributed by atoms with Crippen molar-refractivity contribution in [2.45, 2.75) is 18.6 Å². The van der Waals surface area contributed by atoms with Crippen molar-refractivity contribution in [3.8, 4) is 5.75 Å². The highest BCUT2D eigenvalue weighted by Gasteiger charge is 2.35. The third kappa shape index (κ3) is 1.80. The van der Waals surface area contributed by atoms with Gasteiger partial charge in [-0.15, -0.1) is 0 Å². The number of hydrogen-bond donors (Lipinski definition) is 1. The van der Waals surface area contributed by atoms with Crippen molar-refractivity contribution in [1.82, 2.24) is 0 Å². The summed E-state index contributed by atoms with van der Waals surface area (Å²) in [4.78, 5) is 10.9. The molecule has 0 amide bonds. The fourth-order valence-corrected chi connectivity index (χ4v) is 1.74. The summed E-state index contributed by atoms with van der Waals surface area (Å²) in [6, 6.07) is 7.41. The number of para-hydroxylation sites is 1. The Hall–Kier alpha value is -1.55. The number of benzene rings is 1. The van der Waals surface area contributed by atoms with Gasteiger partial charge in [0.2, 0.25) is 6.10 Å². The summed E-state index contributed by atoms with van der Waals surface area (Å²) < 4.78 is 10.5. The number of ether oxygens (including phenoxy) is 2. The molecule has 1 aromatic rings. The summed E-state index contributed by atoms with van der Waals surface area (Å²) in [5.74, 6) is -0.352. The summed E-state index contributed by atoms with van der Waals surface area (Å²) >= 11 is 0. The van der Waals surface area contributed by atoms with E-state index in [2.05, 4.69) is 0 Å². The van der Waals surface area contributed by atoms with Crippen LogP contribution in [0.1, 0.15) is 5.56 Å². The van der Waals surface area contributed by atoms with Gasteiger partial charge in [0.25, 0.3) is 0 Å². The van der Waals surface area contributed by atoms with Crippen molar-refractivity contribution in [2.24, 2.45) is 0 Å². The minimum absolute atomic E-state index is 0.419. The average Bonchev–Trinajstić information content (AvgIpc) is 2.27. The number of carbonyl (C=O) groups is 1. The highest BCUT2D eigenvalue weighted by atomic mass is 16.6. The molecule has 80 valence electrons. The Bertz CT molecular complexity index is 375. The van der Waals surface area contributed by atoms with E-state index < -0.39 is 18.2 Å². The van der Waals surface area contributed by atoms with Crippen molar-refractivity contribution < 1.29 is 19.4 Å². The van der Waals surface area contributed by atoms with E-state index in [1.165, 1.54) is 7.11 Å². The van der Waals surface area contributed by atoms with Gasteiger partial charge in [-0.1, -0.05) is 18.2 Å². The second-order valence-electron chi connectivity index (χ2n) is 3.46. The maximum atomic E-state index is 10.9. The summed E-state index contributed by atoms with van der Waals surface area (Å²) in [6.07, 6.45) is -0.758. The minimum atomic E-state index is -0.989. The van der Waals surface area contributed by atoms with Crippen LogP contribution in [0, 0.1) is 0 Å². The van der Waals surface area contributed by atoms with E-state index in [1.54, 1.807) is 6.07 Å². The lowest BCUT2D eigenvalue weighted by Gasteiger charge is -2.29. The Labute approximate surface area is 87.4 Å². The summed E-state index contributed by atoms with van der Waals surface area (Å²) in [5, 5.41) is 8.96. The van der Waals surface area contributed by atoms with E-state index in [0.29, 0.717) is 12.2 Å². The first-order valence-corrected chi connectivity index (χ1v) is 4.72. The summed E-state index contributed by atoms with van der Waals surface area (Å²) in [7, 11) is 1.50. The molecule has 1 heterocycles. The molecular weight excluding hydrogens is 196 g/mol. The molecule has 0 fully saturated rings. The SMILES string of the molecule is COC1Cc2ccccc2OC1C(=O)O. The van der Waals surface area contributed by atoms with E-state index in [-0.39, 0.29) is 0 Å². The number of methoxy groups -OCH3 is 1. The maximum absolute atomic E-state index is 10.9. The minimum Gasteiger partial charge on any atom is -0.478 e. The molecule has 15 heavy (non-hydrogen) atoms. The van der Waals surface area contributed by atoms with Crippen molar-refractivity contribution in [3.05, 3.63) is 29.8 Å². The van der Waals surface area contributed by atoms with Gasteiger partial charge in [-0.05, 0) is 11.6 Å². The van der Waals surface area contributed by atoms with Gasteiger partial charge in [-0.25, -0.2) is 4.79 Å². The van der Waals surface area contributed by atoms with Crippen LogP contribution >= 0.6 is 0 Å². The molecule has 4 heteroatoms. The van der Waals surface area contributed by atoms with Crippen LogP contribution < -0.4 is 4.74 Å². The van der Waals surface area contributed by atoms with Crippen LogP contribution in [0.15, 0.2) is 24.3 Å². The first-order chi connectivity index (χ1) is 7.22. The molecule has 0 aromatic heterocycles. The number of rotatable bonds is 2. The summed E-state index contributed by atoms with van der Waals surface area (Å²) in [6.45, 7) is 0. The van der Waals surface area contributed by atoms with Crippen LogP contribution in [0.3, 0.4) is 0 Å². The van der Waals surface area contributed by atoms with E-state index in [4.69, 9.17) is 14.6 Å². The van der Waals surface area contributed by atoms with E-state index in [0.717, 1.165) is 5.56 Å². The van der Waals surface area contributed by atoms with Crippen LogP contribution in [-0.4, -0.2) is 30.4 Å². The highest BCUT2D eigenvalue weighted by Crippen LogP contribution is 2.28. The molecule has 0 radical (unpaired) electrons. The quantitative estimate of drug-likeness (QED) is 0.790. The molecular formula is C11H12O4. The zero-order chi connectivity index (χ0) is 10.8. The van der Waals surface area contributed by atoms with Gasteiger partial charge in [0.05, 0.1) is 0 Å². The van der Waals surface area contributed by atoms with Gasteiger partial charge in [0.1, 0.15) is 11.9 Å². The summed E-state index contributed by atoms with van der Waals surface area (Å²) in [5.41, 5.74) is 0.988. The molecule has 0 saturated carbocycles. The molecule has 0 aliphatic carbocycles. The Kier molecular flexibility index (Phi) is 2.60. The zero-order valence-corrected chi connectivity index (χ0v) is 8.34. The number of aliphatic carboxylic acids is 1. The lowest BCUT2D eigenvalue weighted by molar-refractivity contribution is -0.152. The molecule has 0 bridgehead atoms. The smallest absolute Gasteiger partial charge is 0.347 e. The average molecular weight is 208 g/mol. The van der Waals surface area contributed by atoms with Gasteiger partial charge in [0, 0.05) is 13.5 Å². The molecule has 1 aliphatic heterocycles. The maximum Gasteiger partial charge on any atom is 0.347 e. The van der Waals surface area contributed by atoms with Crippen LogP contribution in [0.2, 0.25) is 0 Å². The fraction of sp³-hybridized carbons (Fsp3) is 0.364. The fourth-order valence-electron chi connectivity index (χ4n) is 1.74. The van der Waals surface area contributed by atoms with Gasteiger partial charge >= 0.3 is 5.97 Å². The standard InChI is InChI=1S/C11H12O4/c1-14-9-6-7-4-2-3-5-8(7)15-10(9)11(12)13/h2-5,9-10H,6H2,1H3,(H,12,13). The number of hydrogen-bond acceptors (Lipinski definition) is 3. The van der Waals surface area contributed by atoms with Crippen LogP contribution in [0.25, 0.3) is 0 Å². The predicted molar refractivity (Wildman–Crippen MR) is 53.0 cm³/mol. The highest BCUT2D eigenvalue weighted by molar-refractivity contribution is 5.74. The number of carboxylic acid groups (broad SMARTS) is 1. The van der Waals surface area contributed by atoms with Gasteiger partial charge in [-0.2, -0.15) is 0 Å². The topological polar surface area (TPSA) is 55.8 Å². The Morgan fingerprint density at radius 3 is 2.93 bits per heavy atom. The van der Waals surface area contributed by atoms with Crippen LogP contribution in [-0.2, 0) is 16.0 Å². The largest absolute Gasteiger partial charge is 0.478 e. The normalized spacial score (nSPS) is 24.1. The Morgan fingerprint density at radius 2 is 2.27 bits per heavy atom. The van der Waals surface area contributed by atoms with Crippen molar-refractivity contribution in [2.75, 3.05) is 7.11 Å². The molecule has 1 aromatic carbocycles. The number of carboxylic acids is 1. The molecule has 0 saturated heterocycles. The first-order valence-electron chi connectivity index (χ1n) is 4.72. The molecule has 2 unspecified atom stereocenters. The second kappa shape index (κ2) is 3.90. The van der Waals surface area contributed by atoms with E-state index >= 15 is 0 Å². The Balaban J connectivity index is 2.30. The lowest BCUT2D eigenvalue weighted by atomic mass is 9.99. The van der Waals surface area contributed by atoms with Gasteiger partial charge in [-0.3, -0.25) is 0 Å². The zero-order valence-electron chi connectivity index (χ0n) is 8.34. The van der Waals surface area contributed by atoms with Gasteiger partial charge in [0.15, 0.2) is 0 Å². The molecule has 1 aliphatic rings. The second-order valence-corrected chi connectivity index (χ2v) is 3.46. The monoisotopic (exact) mass is 208 g/mol. The molecule has 1 N–H and O–H groups in total. The van der Waals surface area contributed by atoms with Gasteiger partial charge < -0.3 is 14.6 Å². The van der Waals surface area contributed by atoms with Crippen molar-refractivity contribution >= 4 is 5.97 Å². The Morgan fingerprint density at radius 1 is 1.53 bits per heavy atom. The number of fused-ring (bicyclic) bond motifs is 1. The van der Waals surface area contributed by atoms with Crippen LogP contribution in [0.5, 0.6) is 5.75 Å². The van der Waals surface area contributed by atoms with Crippen molar-refractivity contribution in [1.29, 1.82) is 0 Å². The van der Waals surface area contributed by atoms with E-state index in [1.807, 2.05) is 18.2 Å². The lowest BCUT2D eigenvalue weighted by Crippen LogP contribution is -2.44. The first kappa shape index (κ1) is 9.98. The molecule has 2 atom stereocenters. The van der Waals surface area contributed by atoms with E-state index in [9.17, 15) is 4.79 Å². The molecule has 2 rings (SSSR count). The third-order valence-corrected chi connectivity index (χ3v) is 2.53. The van der Waals surface area contributed by atoms with Crippen molar-refractivity contribution in [3.63, 3.8) is 0 Å². The third-order valence-electron chi connectivity index (χ3n) is 2.53. The molecule has 4 nitrogen and oxygen atoms in total. The molecule has 0 spiro atoms.